The molecule has 2 aliphatic heterocycles. The van der Waals surface area contributed by atoms with Crippen molar-refractivity contribution < 1.29 is 8.42 Å². The van der Waals surface area contributed by atoms with Gasteiger partial charge in [-0.15, -0.1) is 24.0 Å². The third-order valence-corrected chi connectivity index (χ3v) is 7.01. The summed E-state index contributed by atoms with van der Waals surface area (Å²) in [5, 5.41) is 7.60. The summed E-state index contributed by atoms with van der Waals surface area (Å²) >= 11 is 6.11. The van der Waals surface area contributed by atoms with Crippen LogP contribution in [-0.4, -0.2) is 82.6 Å². The molecule has 2 heterocycles. The monoisotopic (exact) mass is 555 g/mol. The first-order chi connectivity index (χ1) is 13.4. The molecule has 1 aromatic rings. The summed E-state index contributed by atoms with van der Waals surface area (Å²) in [6, 6.07) is 8.30. The number of halogens is 2. The average molecular weight is 556 g/mol. The van der Waals surface area contributed by atoms with Gasteiger partial charge in [-0.3, -0.25) is 9.89 Å². The lowest BCUT2D eigenvalue weighted by Gasteiger charge is -2.26. The Morgan fingerprint density at radius 3 is 2.72 bits per heavy atom. The summed E-state index contributed by atoms with van der Waals surface area (Å²) in [6.07, 6.45) is 1.04. The molecule has 0 bridgehead atoms. The lowest BCUT2D eigenvalue weighted by molar-refractivity contribution is 0.304. The lowest BCUT2D eigenvalue weighted by Crippen LogP contribution is -2.45. The van der Waals surface area contributed by atoms with E-state index in [1.165, 1.54) is 0 Å². The molecule has 0 saturated carbocycles. The number of anilines is 1. The van der Waals surface area contributed by atoms with Crippen LogP contribution in [0.4, 0.5) is 5.69 Å². The van der Waals surface area contributed by atoms with Crippen LogP contribution in [0.3, 0.4) is 0 Å². The van der Waals surface area contributed by atoms with E-state index in [4.69, 9.17) is 11.6 Å². The van der Waals surface area contributed by atoms with E-state index in [2.05, 4.69) is 38.4 Å². The van der Waals surface area contributed by atoms with Crippen molar-refractivity contribution in [3.63, 3.8) is 0 Å². The topological polar surface area (TPSA) is 77.0 Å². The SMILES string of the molecule is CCNC(=NCCN1CCS(=O)(=O)CC1)NC1CCN(c2cccc(Cl)c2)C1.I. The molecule has 1 aromatic carbocycles. The van der Waals surface area contributed by atoms with Crippen LogP contribution in [0, 0.1) is 0 Å². The molecule has 0 radical (unpaired) electrons. The number of rotatable bonds is 6. The normalized spacial score (nSPS) is 22.2. The zero-order chi connectivity index (χ0) is 20.0. The van der Waals surface area contributed by atoms with Crippen molar-refractivity contribution in [3.05, 3.63) is 29.3 Å². The number of aliphatic imine (C=N–C) groups is 1. The first kappa shape index (κ1) is 24.5. The van der Waals surface area contributed by atoms with Gasteiger partial charge in [-0.05, 0) is 31.5 Å². The molecule has 3 rings (SSSR count). The summed E-state index contributed by atoms with van der Waals surface area (Å²) in [6.45, 7) is 7.41. The van der Waals surface area contributed by atoms with Gasteiger partial charge in [-0.1, -0.05) is 17.7 Å². The van der Waals surface area contributed by atoms with Crippen molar-refractivity contribution in [2.45, 2.75) is 19.4 Å². The highest BCUT2D eigenvalue weighted by Gasteiger charge is 2.24. The Bertz CT molecular complexity index is 779. The highest BCUT2D eigenvalue weighted by atomic mass is 127. The quantitative estimate of drug-likeness (QED) is 0.317. The smallest absolute Gasteiger partial charge is 0.191 e. The lowest BCUT2D eigenvalue weighted by atomic mass is 10.3. The Labute approximate surface area is 196 Å². The van der Waals surface area contributed by atoms with Crippen molar-refractivity contribution in [3.8, 4) is 0 Å². The van der Waals surface area contributed by atoms with Gasteiger partial charge >= 0.3 is 0 Å². The molecule has 2 N–H and O–H groups in total. The van der Waals surface area contributed by atoms with E-state index in [-0.39, 0.29) is 35.5 Å². The second kappa shape index (κ2) is 11.6. The van der Waals surface area contributed by atoms with E-state index < -0.39 is 9.84 Å². The molecule has 0 aromatic heterocycles. The predicted molar refractivity (Wildman–Crippen MR) is 132 cm³/mol. The summed E-state index contributed by atoms with van der Waals surface area (Å²) in [5.74, 6) is 1.34. The van der Waals surface area contributed by atoms with Crippen molar-refractivity contribution >= 4 is 57.1 Å². The largest absolute Gasteiger partial charge is 0.369 e. The molecule has 164 valence electrons. The summed E-state index contributed by atoms with van der Waals surface area (Å²) < 4.78 is 23.0. The van der Waals surface area contributed by atoms with Gasteiger partial charge in [0.25, 0.3) is 0 Å². The second-order valence-electron chi connectivity index (χ2n) is 7.31. The molecule has 29 heavy (non-hydrogen) atoms. The van der Waals surface area contributed by atoms with E-state index in [9.17, 15) is 8.42 Å². The zero-order valence-corrected chi connectivity index (χ0v) is 20.7. The maximum absolute atomic E-state index is 11.5. The van der Waals surface area contributed by atoms with E-state index in [0.717, 1.165) is 49.3 Å². The number of benzene rings is 1. The minimum atomic E-state index is -2.83. The minimum Gasteiger partial charge on any atom is -0.369 e. The molecule has 2 fully saturated rings. The van der Waals surface area contributed by atoms with Crippen LogP contribution in [-0.2, 0) is 9.84 Å². The molecule has 2 saturated heterocycles. The third kappa shape index (κ3) is 7.76. The number of sulfone groups is 1. The molecular formula is C19H31ClIN5O2S. The van der Waals surface area contributed by atoms with Gasteiger partial charge in [-0.2, -0.15) is 0 Å². The minimum absolute atomic E-state index is 0. The number of nitrogens with one attached hydrogen (secondary N) is 2. The summed E-state index contributed by atoms with van der Waals surface area (Å²) in [5.41, 5.74) is 1.15. The predicted octanol–water partition coefficient (Wildman–Crippen LogP) is 1.82. The maximum atomic E-state index is 11.5. The summed E-state index contributed by atoms with van der Waals surface area (Å²) in [4.78, 5) is 9.19. The standard InChI is InChI=1S/C19H30ClN5O2S.HI/c1-2-21-19(22-7-9-24-10-12-28(26,27)13-11-24)23-17-6-8-25(15-17)18-5-3-4-16(20)14-18;/h3-5,14,17H,2,6-13,15H2,1H3,(H2,21,22,23);1H. The van der Waals surface area contributed by atoms with E-state index in [0.29, 0.717) is 25.7 Å². The number of hydrogen-bond donors (Lipinski definition) is 2. The first-order valence-electron chi connectivity index (χ1n) is 9.93. The maximum Gasteiger partial charge on any atom is 0.191 e. The van der Waals surface area contributed by atoms with Gasteiger partial charge in [0.1, 0.15) is 0 Å². The number of nitrogens with zero attached hydrogens (tertiary/aromatic N) is 3. The molecule has 1 unspecified atom stereocenters. The molecule has 0 spiro atoms. The Balaban J connectivity index is 0.00000300. The van der Waals surface area contributed by atoms with Crippen molar-refractivity contribution in [2.24, 2.45) is 4.99 Å². The van der Waals surface area contributed by atoms with Gasteiger partial charge in [0, 0.05) is 56.0 Å². The van der Waals surface area contributed by atoms with Crippen LogP contribution < -0.4 is 15.5 Å². The van der Waals surface area contributed by atoms with E-state index in [1.54, 1.807) is 0 Å². The van der Waals surface area contributed by atoms with Crippen molar-refractivity contribution in [2.75, 3.05) is 62.2 Å². The molecule has 7 nitrogen and oxygen atoms in total. The number of hydrogen-bond acceptors (Lipinski definition) is 5. The van der Waals surface area contributed by atoms with Crippen molar-refractivity contribution in [1.29, 1.82) is 0 Å². The average Bonchev–Trinajstić information content (AvgIpc) is 3.12. The van der Waals surface area contributed by atoms with Crippen LogP contribution in [0.15, 0.2) is 29.3 Å². The fourth-order valence-corrected chi connectivity index (χ4v) is 5.04. The van der Waals surface area contributed by atoms with Crippen molar-refractivity contribution in [1.82, 2.24) is 15.5 Å². The van der Waals surface area contributed by atoms with Crippen LogP contribution in [0.25, 0.3) is 0 Å². The first-order valence-corrected chi connectivity index (χ1v) is 12.1. The fourth-order valence-electron chi connectivity index (χ4n) is 3.58. The molecule has 2 aliphatic rings. The Hall–Kier alpha value is -0.780. The fraction of sp³-hybridized carbons (Fsp3) is 0.632. The van der Waals surface area contributed by atoms with Crippen LogP contribution >= 0.6 is 35.6 Å². The van der Waals surface area contributed by atoms with Crippen LogP contribution in [0.5, 0.6) is 0 Å². The third-order valence-electron chi connectivity index (χ3n) is 5.17. The molecule has 0 aliphatic carbocycles. The molecular weight excluding hydrogens is 525 g/mol. The van der Waals surface area contributed by atoms with Gasteiger partial charge in [-0.25, -0.2) is 8.42 Å². The van der Waals surface area contributed by atoms with Gasteiger partial charge in [0.15, 0.2) is 15.8 Å². The molecule has 1 atom stereocenters. The summed E-state index contributed by atoms with van der Waals surface area (Å²) in [7, 11) is -2.83. The Kier molecular flexibility index (Phi) is 9.77. The van der Waals surface area contributed by atoms with Crippen LogP contribution in [0.2, 0.25) is 5.02 Å². The Morgan fingerprint density at radius 2 is 2.03 bits per heavy atom. The van der Waals surface area contributed by atoms with E-state index in [1.807, 2.05) is 18.2 Å². The van der Waals surface area contributed by atoms with Crippen LogP contribution in [0.1, 0.15) is 13.3 Å². The Morgan fingerprint density at radius 1 is 1.28 bits per heavy atom. The van der Waals surface area contributed by atoms with Gasteiger partial charge < -0.3 is 15.5 Å². The van der Waals surface area contributed by atoms with E-state index >= 15 is 0 Å². The van der Waals surface area contributed by atoms with Gasteiger partial charge in [0.05, 0.1) is 18.1 Å². The zero-order valence-electron chi connectivity index (χ0n) is 16.8. The molecule has 10 heteroatoms. The second-order valence-corrected chi connectivity index (χ2v) is 10.1. The van der Waals surface area contributed by atoms with Gasteiger partial charge in [0.2, 0.25) is 0 Å². The number of guanidine groups is 1. The molecule has 0 amide bonds. The highest BCUT2D eigenvalue weighted by molar-refractivity contribution is 14.0. The highest BCUT2D eigenvalue weighted by Crippen LogP contribution is 2.23.